The van der Waals surface area contributed by atoms with Crippen LogP contribution in [0, 0.1) is 0 Å². The van der Waals surface area contributed by atoms with Gasteiger partial charge in [0.2, 0.25) is 12.2 Å². The third-order valence-electron chi connectivity index (χ3n) is 4.80. The highest BCUT2D eigenvalue weighted by Gasteiger charge is 2.45. The number of esters is 1. The molecule has 0 amide bonds. The van der Waals surface area contributed by atoms with Gasteiger partial charge < -0.3 is 24.7 Å². The van der Waals surface area contributed by atoms with E-state index in [1.807, 2.05) is 38.1 Å². The summed E-state index contributed by atoms with van der Waals surface area (Å²) in [7, 11) is 0. The van der Waals surface area contributed by atoms with Crippen molar-refractivity contribution in [3.8, 4) is 5.75 Å². The maximum atomic E-state index is 12.5. The van der Waals surface area contributed by atoms with Crippen molar-refractivity contribution in [2.45, 2.75) is 32.5 Å². The molecule has 1 aliphatic rings. The number of ether oxygens (including phenoxy) is 2. The van der Waals surface area contributed by atoms with E-state index in [0.717, 1.165) is 10.8 Å². The molecule has 0 fully saturated rings. The average molecular weight is 341 g/mol. The number of fused-ring (bicyclic) bond motifs is 6. The zero-order valence-corrected chi connectivity index (χ0v) is 14.3. The molecule has 4 rings (SSSR count). The molecule has 0 saturated carbocycles. The predicted molar refractivity (Wildman–Crippen MR) is 93.7 cm³/mol. The van der Waals surface area contributed by atoms with E-state index in [9.17, 15) is 9.90 Å². The second-order valence-electron chi connectivity index (χ2n) is 6.71. The molecule has 0 saturated heterocycles. The fraction of sp³-hybridized carbons (Fsp3) is 0.316. The van der Waals surface area contributed by atoms with Crippen molar-refractivity contribution in [3.05, 3.63) is 35.4 Å². The van der Waals surface area contributed by atoms with Crippen LogP contribution in [0.2, 0.25) is 0 Å². The van der Waals surface area contributed by atoms with Crippen LogP contribution in [-0.4, -0.2) is 24.0 Å². The van der Waals surface area contributed by atoms with Gasteiger partial charge in [-0.2, -0.15) is 0 Å². The quantitative estimate of drug-likeness (QED) is 0.694. The van der Waals surface area contributed by atoms with E-state index in [2.05, 4.69) is 0 Å². The van der Waals surface area contributed by atoms with Crippen LogP contribution in [0.25, 0.3) is 21.7 Å². The summed E-state index contributed by atoms with van der Waals surface area (Å²) < 4.78 is 16.7. The Morgan fingerprint density at radius 2 is 2.00 bits per heavy atom. The summed E-state index contributed by atoms with van der Waals surface area (Å²) in [5.41, 5.74) is 6.67. The Morgan fingerprint density at radius 3 is 2.68 bits per heavy atom. The molecular weight excluding hydrogens is 322 g/mol. The lowest BCUT2D eigenvalue weighted by Crippen LogP contribution is -2.31. The lowest BCUT2D eigenvalue weighted by molar-refractivity contribution is -0.0442. The third kappa shape index (κ3) is 1.97. The van der Waals surface area contributed by atoms with Crippen molar-refractivity contribution in [1.82, 2.24) is 0 Å². The lowest BCUT2D eigenvalue weighted by atomic mass is 9.81. The summed E-state index contributed by atoms with van der Waals surface area (Å²) in [6, 6.07) is 7.52. The maximum Gasteiger partial charge on any atom is 0.344 e. The molecule has 0 aliphatic carbocycles. The van der Waals surface area contributed by atoms with E-state index in [4.69, 9.17) is 19.6 Å². The van der Waals surface area contributed by atoms with Crippen molar-refractivity contribution < 1.29 is 23.8 Å². The zero-order valence-electron chi connectivity index (χ0n) is 14.3. The minimum atomic E-state index is -1.04. The van der Waals surface area contributed by atoms with E-state index < -0.39 is 17.7 Å². The first-order valence-corrected chi connectivity index (χ1v) is 8.17. The number of aliphatic hydroxyl groups excluding tert-OH is 1. The Kier molecular flexibility index (Phi) is 3.24. The van der Waals surface area contributed by atoms with Crippen molar-refractivity contribution in [1.29, 1.82) is 0 Å². The van der Waals surface area contributed by atoms with E-state index in [0.29, 0.717) is 22.3 Å². The standard InChI is InChI=1S/C19H19NO5/c1-4-23-17(21)12-11-13-15(25-18(22)19(13,2)3)10-8-6-5-7-9(10)14(11)24-16(12)20/h5-8,18,22H,4,20H2,1-3H3/t18-/m1/s1. The summed E-state index contributed by atoms with van der Waals surface area (Å²) in [4.78, 5) is 12.5. The van der Waals surface area contributed by atoms with Gasteiger partial charge in [0.05, 0.1) is 12.0 Å². The molecule has 2 heterocycles. The van der Waals surface area contributed by atoms with Crippen LogP contribution in [0.3, 0.4) is 0 Å². The van der Waals surface area contributed by atoms with Gasteiger partial charge in [0, 0.05) is 21.7 Å². The molecule has 0 unspecified atom stereocenters. The highest BCUT2D eigenvalue weighted by Crippen LogP contribution is 2.52. The zero-order chi connectivity index (χ0) is 17.9. The second kappa shape index (κ2) is 5.13. The van der Waals surface area contributed by atoms with E-state index >= 15 is 0 Å². The molecule has 1 aliphatic heterocycles. The largest absolute Gasteiger partial charge is 0.463 e. The molecule has 130 valence electrons. The van der Waals surface area contributed by atoms with Crippen LogP contribution in [0.5, 0.6) is 5.75 Å². The number of carbonyl (C=O) groups excluding carboxylic acids is 1. The minimum Gasteiger partial charge on any atom is -0.463 e. The number of hydrogen-bond donors (Lipinski definition) is 2. The summed E-state index contributed by atoms with van der Waals surface area (Å²) in [5.74, 6) is 0.00422. The Morgan fingerprint density at radius 1 is 1.32 bits per heavy atom. The fourth-order valence-electron chi connectivity index (χ4n) is 3.53. The number of nitrogen functional groups attached to an aromatic ring is 1. The second-order valence-corrected chi connectivity index (χ2v) is 6.71. The van der Waals surface area contributed by atoms with Gasteiger partial charge in [0.1, 0.15) is 16.9 Å². The molecule has 0 spiro atoms. The summed E-state index contributed by atoms with van der Waals surface area (Å²) in [5, 5.41) is 12.6. The highest BCUT2D eigenvalue weighted by molar-refractivity contribution is 6.18. The predicted octanol–water partition coefficient (Wildman–Crippen LogP) is 3.33. The normalized spacial score (nSPS) is 18.3. The smallest absolute Gasteiger partial charge is 0.344 e. The number of rotatable bonds is 2. The van der Waals surface area contributed by atoms with Crippen LogP contribution < -0.4 is 10.5 Å². The molecule has 6 nitrogen and oxygen atoms in total. The van der Waals surface area contributed by atoms with Gasteiger partial charge in [0.25, 0.3) is 0 Å². The van der Waals surface area contributed by atoms with Crippen molar-refractivity contribution in [2.24, 2.45) is 0 Å². The first-order chi connectivity index (χ1) is 11.9. The Balaban J connectivity index is 2.22. The minimum absolute atomic E-state index is 0.00388. The van der Waals surface area contributed by atoms with Crippen molar-refractivity contribution in [3.63, 3.8) is 0 Å². The topological polar surface area (TPSA) is 94.9 Å². The summed E-state index contributed by atoms with van der Waals surface area (Å²) >= 11 is 0. The van der Waals surface area contributed by atoms with Crippen LogP contribution in [0.4, 0.5) is 5.88 Å². The number of carbonyl (C=O) groups is 1. The SMILES string of the molecule is CCOC(=O)c1c(N)oc2c1c1c(c3ccccc32)O[C@@H](O)C1(C)C. The first-order valence-electron chi connectivity index (χ1n) is 8.17. The number of aliphatic hydroxyl groups is 1. The van der Waals surface area contributed by atoms with Gasteiger partial charge >= 0.3 is 5.97 Å². The van der Waals surface area contributed by atoms with E-state index in [-0.39, 0.29) is 18.1 Å². The van der Waals surface area contributed by atoms with Crippen LogP contribution in [-0.2, 0) is 10.2 Å². The molecule has 2 aromatic carbocycles. The molecule has 0 bridgehead atoms. The number of hydrogen-bond acceptors (Lipinski definition) is 6. The van der Waals surface area contributed by atoms with Gasteiger partial charge in [-0.05, 0) is 20.8 Å². The average Bonchev–Trinajstić information content (AvgIpc) is 3.02. The van der Waals surface area contributed by atoms with Crippen LogP contribution >= 0.6 is 0 Å². The number of anilines is 1. The van der Waals surface area contributed by atoms with Gasteiger partial charge in [0.15, 0.2) is 0 Å². The number of benzene rings is 2. The molecule has 3 aromatic rings. The molecule has 25 heavy (non-hydrogen) atoms. The summed E-state index contributed by atoms with van der Waals surface area (Å²) in [6.45, 7) is 5.67. The fourth-order valence-corrected chi connectivity index (χ4v) is 3.53. The van der Waals surface area contributed by atoms with Gasteiger partial charge in [-0.25, -0.2) is 4.79 Å². The summed E-state index contributed by atoms with van der Waals surface area (Å²) in [6.07, 6.45) is -1.04. The number of furan rings is 1. The molecule has 1 atom stereocenters. The van der Waals surface area contributed by atoms with Gasteiger partial charge in [-0.1, -0.05) is 24.3 Å². The van der Waals surface area contributed by atoms with Crippen molar-refractivity contribution in [2.75, 3.05) is 12.3 Å². The van der Waals surface area contributed by atoms with Gasteiger partial charge in [-0.15, -0.1) is 0 Å². The van der Waals surface area contributed by atoms with E-state index in [1.165, 1.54) is 0 Å². The first kappa shape index (κ1) is 15.8. The Labute approximate surface area is 144 Å². The Bertz CT molecular complexity index is 1020. The van der Waals surface area contributed by atoms with E-state index in [1.54, 1.807) is 6.92 Å². The molecule has 6 heteroatoms. The molecular formula is C19H19NO5. The maximum absolute atomic E-state index is 12.5. The monoisotopic (exact) mass is 341 g/mol. The third-order valence-corrected chi connectivity index (χ3v) is 4.80. The van der Waals surface area contributed by atoms with Crippen LogP contribution in [0.15, 0.2) is 28.7 Å². The lowest BCUT2D eigenvalue weighted by Gasteiger charge is -2.21. The van der Waals surface area contributed by atoms with Gasteiger partial charge in [-0.3, -0.25) is 0 Å². The number of nitrogens with two attached hydrogens (primary N) is 1. The highest BCUT2D eigenvalue weighted by atomic mass is 16.6. The molecule has 1 aromatic heterocycles. The Hall–Kier alpha value is -2.73. The van der Waals surface area contributed by atoms with Crippen LogP contribution in [0.1, 0.15) is 36.7 Å². The van der Waals surface area contributed by atoms with Crippen molar-refractivity contribution >= 4 is 33.6 Å². The molecule has 0 radical (unpaired) electrons. The molecule has 3 N–H and O–H groups in total.